The molecule has 0 spiro atoms. The van der Waals surface area contributed by atoms with Crippen molar-refractivity contribution in [2.45, 2.75) is 36.6 Å². The summed E-state index contributed by atoms with van der Waals surface area (Å²) in [6.07, 6.45) is 6.44. The predicted molar refractivity (Wildman–Crippen MR) is 63.9 cm³/mol. The first-order valence-corrected chi connectivity index (χ1v) is 7.36. The van der Waals surface area contributed by atoms with Crippen LogP contribution in [0.4, 0.5) is 0 Å². The molecule has 0 atom stereocenters. The molecule has 2 rings (SSSR count). The number of hydrogen-bond donors (Lipinski definition) is 3. The van der Waals surface area contributed by atoms with Gasteiger partial charge < -0.3 is 10.1 Å². The summed E-state index contributed by atoms with van der Waals surface area (Å²) >= 11 is 0. The van der Waals surface area contributed by atoms with Crippen molar-refractivity contribution in [2.24, 2.45) is 5.92 Å². The van der Waals surface area contributed by atoms with E-state index in [0.29, 0.717) is 5.92 Å². The third-order valence-electron chi connectivity index (χ3n) is 3.31. The molecule has 0 saturated heterocycles. The molecule has 1 fully saturated rings. The molecule has 1 aliphatic rings. The lowest BCUT2D eigenvalue weighted by Crippen LogP contribution is -2.37. The number of nitrogens with one attached hydrogen (secondary N) is 2. The fraction of sp³-hybridized carbons (Fsp3) is 0.636. The minimum Gasteiger partial charge on any atom is -0.396 e. The van der Waals surface area contributed by atoms with Crippen LogP contribution in [-0.4, -0.2) is 31.2 Å². The molecule has 6 heteroatoms. The number of H-pyrrole nitrogens is 1. The van der Waals surface area contributed by atoms with Crippen LogP contribution in [0.1, 0.15) is 25.7 Å². The van der Waals surface area contributed by atoms with Crippen LogP contribution in [0.15, 0.2) is 23.4 Å². The number of aromatic nitrogens is 1. The molecule has 1 saturated carbocycles. The Morgan fingerprint density at radius 3 is 2.59 bits per heavy atom. The summed E-state index contributed by atoms with van der Waals surface area (Å²) in [4.78, 5) is 3.02. The molecule has 17 heavy (non-hydrogen) atoms. The zero-order valence-corrected chi connectivity index (χ0v) is 10.4. The fourth-order valence-electron chi connectivity index (χ4n) is 2.23. The van der Waals surface area contributed by atoms with Gasteiger partial charge in [0.15, 0.2) is 0 Å². The van der Waals surface area contributed by atoms with Crippen LogP contribution in [-0.2, 0) is 10.0 Å². The summed E-state index contributed by atoms with van der Waals surface area (Å²) in [5.74, 6) is 0.336. The van der Waals surface area contributed by atoms with Gasteiger partial charge in [0.05, 0.1) is 4.90 Å². The molecule has 0 amide bonds. The number of rotatable bonds is 4. The number of aliphatic hydroxyl groups is 1. The van der Waals surface area contributed by atoms with Crippen LogP contribution >= 0.6 is 0 Å². The van der Waals surface area contributed by atoms with Crippen LogP contribution in [0.5, 0.6) is 0 Å². The molecule has 3 N–H and O–H groups in total. The molecule has 0 aromatic carbocycles. The van der Waals surface area contributed by atoms with Gasteiger partial charge >= 0.3 is 0 Å². The summed E-state index contributed by atoms with van der Waals surface area (Å²) in [7, 11) is -3.38. The van der Waals surface area contributed by atoms with Gasteiger partial charge in [-0.2, -0.15) is 0 Å². The van der Waals surface area contributed by atoms with Gasteiger partial charge in [-0.15, -0.1) is 0 Å². The van der Waals surface area contributed by atoms with Crippen molar-refractivity contribution >= 4 is 10.0 Å². The third kappa shape index (κ3) is 3.08. The van der Waals surface area contributed by atoms with E-state index in [1.165, 1.54) is 6.20 Å². The zero-order valence-electron chi connectivity index (χ0n) is 9.59. The van der Waals surface area contributed by atoms with E-state index in [4.69, 9.17) is 5.11 Å². The van der Waals surface area contributed by atoms with Crippen molar-refractivity contribution in [1.82, 2.24) is 9.71 Å². The second kappa shape index (κ2) is 5.20. The highest BCUT2D eigenvalue weighted by atomic mass is 32.2. The van der Waals surface area contributed by atoms with E-state index in [2.05, 4.69) is 9.71 Å². The molecule has 1 aromatic rings. The monoisotopic (exact) mass is 258 g/mol. The Bertz CT molecular complexity index is 433. The SMILES string of the molecule is O=S(=O)(NC1CCC(CO)CC1)c1cc[nH]c1. The first kappa shape index (κ1) is 12.6. The van der Waals surface area contributed by atoms with Gasteiger partial charge in [-0.1, -0.05) is 0 Å². The maximum absolute atomic E-state index is 11.9. The first-order chi connectivity index (χ1) is 8.12. The van der Waals surface area contributed by atoms with Crippen LogP contribution in [0, 0.1) is 5.92 Å². The van der Waals surface area contributed by atoms with Crippen molar-refractivity contribution in [1.29, 1.82) is 0 Å². The number of aliphatic hydroxyl groups excluding tert-OH is 1. The Labute approximate surface area is 101 Å². The Kier molecular flexibility index (Phi) is 3.86. The lowest BCUT2D eigenvalue weighted by atomic mass is 9.87. The number of sulfonamides is 1. The van der Waals surface area contributed by atoms with Crippen LogP contribution < -0.4 is 4.72 Å². The summed E-state index contributed by atoms with van der Waals surface area (Å²) in [6.45, 7) is 0.206. The predicted octanol–water partition coefficient (Wildman–Crippen LogP) is 0.844. The minimum atomic E-state index is -3.38. The Balaban J connectivity index is 1.94. The number of aromatic amines is 1. The van der Waals surface area contributed by atoms with Gasteiger partial charge in [0, 0.05) is 25.0 Å². The lowest BCUT2D eigenvalue weighted by molar-refractivity contribution is 0.180. The van der Waals surface area contributed by atoms with Crippen LogP contribution in [0.2, 0.25) is 0 Å². The van der Waals surface area contributed by atoms with E-state index < -0.39 is 10.0 Å². The second-order valence-corrected chi connectivity index (χ2v) is 6.28. The van der Waals surface area contributed by atoms with Gasteiger partial charge in [-0.25, -0.2) is 13.1 Å². The van der Waals surface area contributed by atoms with Crippen molar-refractivity contribution in [3.63, 3.8) is 0 Å². The summed E-state index contributed by atoms with van der Waals surface area (Å²) < 4.78 is 26.6. The number of hydrogen-bond acceptors (Lipinski definition) is 3. The molecule has 1 aromatic heterocycles. The fourth-order valence-corrected chi connectivity index (χ4v) is 3.51. The Hall–Kier alpha value is -0.850. The van der Waals surface area contributed by atoms with Gasteiger partial charge in [0.2, 0.25) is 10.0 Å². The van der Waals surface area contributed by atoms with Crippen LogP contribution in [0.3, 0.4) is 0 Å². The van der Waals surface area contributed by atoms with E-state index >= 15 is 0 Å². The van der Waals surface area contributed by atoms with E-state index in [1.807, 2.05) is 0 Å². The summed E-state index contributed by atoms with van der Waals surface area (Å²) in [5.41, 5.74) is 0. The largest absolute Gasteiger partial charge is 0.396 e. The maximum Gasteiger partial charge on any atom is 0.242 e. The third-order valence-corrected chi connectivity index (χ3v) is 4.82. The Morgan fingerprint density at radius 2 is 2.06 bits per heavy atom. The molecule has 0 aliphatic heterocycles. The first-order valence-electron chi connectivity index (χ1n) is 5.88. The molecule has 5 nitrogen and oxygen atoms in total. The minimum absolute atomic E-state index is 0.00213. The Morgan fingerprint density at radius 1 is 1.35 bits per heavy atom. The van der Waals surface area contributed by atoms with E-state index in [9.17, 15) is 8.42 Å². The second-order valence-electron chi connectivity index (χ2n) is 4.57. The molecule has 0 radical (unpaired) electrons. The summed E-state index contributed by atoms with van der Waals surface area (Å²) in [5, 5.41) is 9.02. The zero-order chi connectivity index (χ0) is 12.3. The highest BCUT2D eigenvalue weighted by molar-refractivity contribution is 7.89. The van der Waals surface area contributed by atoms with E-state index in [0.717, 1.165) is 25.7 Å². The smallest absolute Gasteiger partial charge is 0.242 e. The van der Waals surface area contributed by atoms with E-state index in [-0.39, 0.29) is 17.5 Å². The molecular weight excluding hydrogens is 240 g/mol. The highest BCUT2D eigenvalue weighted by Gasteiger charge is 2.25. The summed E-state index contributed by atoms with van der Waals surface area (Å²) in [6, 6.07) is 1.54. The van der Waals surface area contributed by atoms with Gasteiger partial charge in [0.25, 0.3) is 0 Å². The van der Waals surface area contributed by atoms with Crippen molar-refractivity contribution in [3.05, 3.63) is 18.5 Å². The average Bonchev–Trinajstić information content (AvgIpc) is 2.84. The molecule has 96 valence electrons. The lowest BCUT2D eigenvalue weighted by Gasteiger charge is -2.27. The molecule has 1 aliphatic carbocycles. The van der Waals surface area contributed by atoms with Gasteiger partial charge in [0.1, 0.15) is 0 Å². The molecule has 0 unspecified atom stereocenters. The van der Waals surface area contributed by atoms with Crippen molar-refractivity contribution in [2.75, 3.05) is 6.61 Å². The molecular formula is C11H18N2O3S. The van der Waals surface area contributed by atoms with E-state index in [1.54, 1.807) is 12.3 Å². The normalized spacial score (nSPS) is 25.9. The van der Waals surface area contributed by atoms with Crippen molar-refractivity contribution in [3.8, 4) is 0 Å². The quantitative estimate of drug-likeness (QED) is 0.748. The standard InChI is InChI=1S/C11H18N2O3S/c14-8-9-1-3-10(4-2-9)13-17(15,16)11-5-6-12-7-11/h5-7,9-10,12-14H,1-4,8H2. The maximum atomic E-state index is 11.9. The van der Waals surface area contributed by atoms with Crippen LogP contribution in [0.25, 0.3) is 0 Å². The average molecular weight is 258 g/mol. The highest BCUT2D eigenvalue weighted by Crippen LogP contribution is 2.24. The van der Waals surface area contributed by atoms with Gasteiger partial charge in [-0.3, -0.25) is 0 Å². The van der Waals surface area contributed by atoms with Gasteiger partial charge in [-0.05, 0) is 37.7 Å². The molecule has 1 heterocycles. The molecule has 0 bridgehead atoms. The topological polar surface area (TPSA) is 82.2 Å². The van der Waals surface area contributed by atoms with Crippen molar-refractivity contribution < 1.29 is 13.5 Å².